The zero-order valence-corrected chi connectivity index (χ0v) is 10.6. The Morgan fingerprint density at radius 2 is 2.44 bits per heavy atom. The van der Waals surface area contributed by atoms with Gasteiger partial charge in [-0.05, 0) is 22.0 Å². The van der Waals surface area contributed by atoms with Gasteiger partial charge in [-0.2, -0.15) is 0 Å². The Balaban J connectivity index is 2.10. The fourth-order valence-corrected chi connectivity index (χ4v) is 2.69. The molecule has 0 saturated carbocycles. The Labute approximate surface area is 104 Å². The summed E-state index contributed by atoms with van der Waals surface area (Å²) in [4.78, 5) is 18.8. The highest BCUT2D eigenvalue weighted by atomic mass is 79.9. The van der Waals surface area contributed by atoms with E-state index in [2.05, 4.69) is 25.9 Å². The number of aliphatic carboxylic acids is 1. The van der Waals surface area contributed by atoms with Gasteiger partial charge in [0, 0.05) is 16.3 Å². The van der Waals surface area contributed by atoms with Gasteiger partial charge in [-0.25, -0.2) is 4.98 Å². The Kier molecular flexibility index (Phi) is 3.40. The van der Waals surface area contributed by atoms with E-state index in [1.807, 2.05) is 11.4 Å². The molecule has 0 fully saturated rings. The molecule has 2 rings (SSSR count). The molecule has 0 unspecified atom stereocenters. The van der Waals surface area contributed by atoms with E-state index >= 15 is 0 Å². The molecule has 0 saturated heterocycles. The van der Waals surface area contributed by atoms with E-state index in [4.69, 9.17) is 5.11 Å². The molecule has 2 aromatic rings. The second-order valence-electron chi connectivity index (χ2n) is 3.27. The maximum atomic E-state index is 10.4. The summed E-state index contributed by atoms with van der Waals surface area (Å²) in [7, 11) is 0. The van der Waals surface area contributed by atoms with Crippen molar-refractivity contribution in [1.82, 2.24) is 9.97 Å². The lowest BCUT2D eigenvalue weighted by Crippen LogP contribution is -1.98. The highest BCUT2D eigenvalue weighted by molar-refractivity contribution is 9.10. The van der Waals surface area contributed by atoms with Gasteiger partial charge in [0.05, 0.1) is 23.2 Å². The molecule has 2 N–H and O–H groups in total. The van der Waals surface area contributed by atoms with Gasteiger partial charge in [-0.3, -0.25) is 4.79 Å². The number of carboxylic acid groups (broad SMARTS) is 1. The first-order chi connectivity index (χ1) is 7.65. The van der Waals surface area contributed by atoms with Gasteiger partial charge in [0.25, 0.3) is 0 Å². The fourth-order valence-electron chi connectivity index (χ4n) is 1.29. The van der Waals surface area contributed by atoms with Crippen molar-refractivity contribution in [3.8, 4) is 10.6 Å². The number of nitrogens with one attached hydrogen (secondary N) is 1. The zero-order chi connectivity index (χ0) is 11.5. The lowest BCUT2D eigenvalue weighted by Gasteiger charge is -1.92. The Morgan fingerprint density at radius 3 is 3.06 bits per heavy atom. The van der Waals surface area contributed by atoms with Gasteiger partial charge in [0.1, 0.15) is 5.82 Å². The molecule has 0 aliphatic carbocycles. The number of aromatic nitrogens is 2. The third-order valence-electron chi connectivity index (χ3n) is 2.04. The first kappa shape index (κ1) is 11.3. The maximum absolute atomic E-state index is 10.4. The van der Waals surface area contributed by atoms with Gasteiger partial charge in [-0.15, -0.1) is 11.3 Å². The van der Waals surface area contributed by atoms with Crippen LogP contribution in [0.3, 0.4) is 0 Å². The minimum absolute atomic E-state index is 0.0983. The molecule has 0 bridgehead atoms. The van der Waals surface area contributed by atoms with Gasteiger partial charge in [0.2, 0.25) is 0 Å². The quantitative estimate of drug-likeness (QED) is 0.912. The monoisotopic (exact) mass is 300 g/mol. The lowest BCUT2D eigenvalue weighted by atomic mass is 10.3. The number of carbonyl (C=O) groups is 1. The number of carboxylic acids is 1. The third-order valence-corrected chi connectivity index (χ3v) is 3.76. The van der Waals surface area contributed by atoms with E-state index in [1.54, 1.807) is 17.5 Å². The summed E-state index contributed by atoms with van der Waals surface area (Å²) in [6, 6.07) is 2.00. The van der Waals surface area contributed by atoms with E-state index in [9.17, 15) is 4.79 Å². The zero-order valence-electron chi connectivity index (χ0n) is 8.24. The van der Waals surface area contributed by atoms with Crippen molar-refractivity contribution in [3.05, 3.63) is 27.9 Å². The molecular weight excluding hydrogens is 292 g/mol. The van der Waals surface area contributed by atoms with Crippen molar-refractivity contribution < 1.29 is 9.90 Å². The van der Waals surface area contributed by atoms with E-state index in [-0.39, 0.29) is 6.42 Å². The van der Waals surface area contributed by atoms with Crippen molar-refractivity contribution in [3.63, 3.8) is 0 Å². The van der Waals surface area contributed by atoms with Crippen molar-refractivity contribution in [1.29, 1.82) is 0 Å². The van der Waals surface area contributed by atoms with Crippen LogP contribution in [-0.2, 0) is 11.2 Å². The first-order valence-corrected chi connectivity index (χ1v) is 6.32. The molecule has 6 heteroatoms. The number of rotatable bonds is 4. The molecule has 84 valence electrons. The van der Waals surface area contributed by atoms with E-state index in [1.165, 1.54) is 0 Å². The highest BCUT2D eigenvalue weighted by Gasteiger charge is 2.06. The third kappa shape index (κ3) is 2.70. The van der Waals surface area contributed by atoms with Crippen molar-refractivity contribution >= 4 is 33.2 Å². The predicted molar refractivity (Wildman–Crippen MR) is 65.6 cm³/mol. The average Bonchev–Trinajstić information content (AvgIpc) is 2.83. The van der Waals surface area contributed by atoms with Crippen LogP contribution in [0.15, 0.2) is 22.1 Å². The van der Waals surface area contributed by atoms with Crippen LogP contribution >= 0.6 is 27.3 Å². The predicted octanol–water partition coefficient (Wildman–Crippen LogP) is 2.92. The van der Waals surface area contributed by atoms with E-state index in [0.717, 1.165) is 15.0 Å². The number of thiophene rings is 1. The second kappa shape index (κ2) is 4.80. The van der Waals surface area contributed by atoms with Crippen LogP contribution < -0.4 is 0 Å². The normalized spacial score (nSPS) is 10.6. The largest absolute Gasteiger partial charge is 0.481 e. The summed E-state index contributed by atoms with van der Waals surface area (Å²) < 4.78 is 1.04. The molecule has 2 heterocycles. The van der Waals surface area contributed by atoms with E-state index in [0.29, 0.717) is 12.2 Å². The number of hydrogen-bond acceptors (Lipinski definition) is 3. The summed E-state index contributed by atoms with van der Waals surface area (Å²) in [6.45, 7) is 0. The number of hydrogen-bond donors (Lipinski definition) is 2. The molecular formula is C10H9BrN2O2S. The second-order valence-corrected chi connectivity index (χ2v) is 5.09. The van der Waals surface area contributed by atoms with Crippen molar-refractivity contribution in [2.75, 3.05) is 0 Å². The highest BCUT2D eigenvalue weighted by Crippen LogP contribution is 2.28. The number of H-pyrrole nitrogens is 1. The number of aryl methyl sites for hydroxylation is 1. The molecule has 4 nitrogen and oxygen atoms in total. The standard InChI is InChI=1S/C10H9BrN2O2S/c11-6-3-8(16-5-6)7-4-12-9(13-7)1-2-10(14)15/h3-5H,1-2H2,(H,12,13)(H,14,15). The van der Waals surface area contributed by atoms with Gasteiger partial charge < -0.3 is 10.1 Å². The smallest absolute Gasteiger partial charge is 0.303 e. The minimum Gasteiger partial charge on any atom is -0.481 e. The molecule has 0 spiro atoms. The van der Waals surface area contributed by atoms with Crippen molar-refractivity contribution in [2.45, 2.75) is 12.8 Å². The summed E-state index contributed by atoms with van der Waals surface area (Å²) in [5, 5.41) is 10.5. The molecule has 0 radical (unpaired) electrons. The summed E-state index contributed by atoms with van der Waals surface area (Å²) in [5.74, 6) is -0.0984. The summed E-state index contributed by atoms with van der Waals surface area (Å²) in [5.41, 5.74) is 0.927. The summed E-state index contributed by atoms with van der Waals surface area (Å²) >= 11 is 4.99. The molecule has 0 aromatic carbocycles. The molecule has 0 amide bonds. The van der Waals surface area contributed by atoms with E-state index < -0.39 is 5.97 Å². The van der Waals surface area contributed by atoms with Crippen LogP contribution in [0.25, 0.3) is 10.6 Å². The Hall–Kier alpha value is -1.14. The van der Waals surface area contributed by atoms with Crippen LogP contribution in [0, 0.1) is 0 Å². The van der Waals surface area contributed by atoms with Crippen LogP contribution in [0.4, 0.5) is 0 Å². The fraction of sp³-hybridized carbons (Fsp3) is 0.200. The number of halogens is 1. The van der Waals surface area contributed by atoms with Crippen LogP contribution in [0.5, 0.6) is 0 Å². The maximum Gasteiger partial charge on any atom is 0.303 e. The number of aromatic amines is 1. The van der Waals surface area contributed by atoms with Crippen LogP contribution in [0.2, 0.25) is 0 Å². The molecule has 16 heavy (non-hydrogen) atoms. The van der Waals surface area contributed by atoms with Crippen LogP contribution in [0.1, 0.15) is 12.2 Å². The molecule has 0 aliphatic rings. The van der Waals surface area contributed by atoms with Crippen molar-refractivity contribution in [2.24, 2.45) is 0 Å². The lowest BCUT2D eigenvalue weighted by molar-refractivity contribution is -0.137. The number of imidazole rings is 1. The van der Waals surface area contributed by atoms with Gasteiger partial charge in [-0.1, -0.05) is 0 Å². The molecule has 0 atom stereocenters. The SMILES string of the molecule is O=C(O)CCc1ncc(-c2cc(Br)cs2)[nH]1. The van der Waals surface area contributed by atoms with Gasteiger partial charge >= 0.3 is 5.97 Å². The molecule has 2 aromatic heterocycles. The summed E-state index contributed by atoms with van der Waals surface area (Å²) in [6.07, 6.45) is 2.26. The average molecular weight is 301 g/mol. The minimum atomic E-state index is -0.809. The topological polar surface area (TPSA) is 66.0 Å². The molecule has 0 aliphatic heterocycles. The number of nitrogens with zero attached hydrogens (tertiary/aromatic N) is 1. The first-order valence-electron chi connectivity index (χ1n) is 4.65. The van der Waals surface area contributed by atoms with Gasteiger partial charge in [0.15, 0.2) is 0 Å². The Morgan fingerprint density at radius 1 is 1.62 bits per heavy atom. The Bertz CT molecular complexity index is 506. The van der Waals surface area contributed by atoms with Crippen LogP contribution in [-0.4, -0.2) is 21.0 Å².